The Balaban J connectivity index is 3.00. The maximum absolute atomic E-state index is 13.4. The lowest BCUT2D eigenvalue weighted by molar-refractivity contribution is -0.142. The third-order valence-electron chi connectivity index (χ3n) is 2.00. The summed E-state index contributed by atoms with van der Waals surface area (Å²) in [5.41, 5.74) is 5.57. The van der Waals surface area contributed by atoms with Crippen LogP contribution in [-0.4, -0.2) is 20.2 Å². The number of hydrogen-bond donors (Lipinski definition) is 1. The molecule has 15 heavy (non-hydrogen) atoms. The van der Waals surface area contributed by atoms with Crippen molar-refractivity contribution >= 4 is 5.97 Å². The van der Waals surface area contributed by atoms with Crippen LogP contribution < -0.4 is 10.5 Å². The molecule has 0 bridgehead atoms. The van der Waals surface area contributed by atoms with Crippen molar-refractivity contribution in [2.45, 2.75) is 6.04 Å². The zero-order valence-electron chi connectivity index (χ0n) is 8.49. The zero-order valence-corrected chi connectivity index (χ0v) is 8.49. The molecular weight excluding hydrogens is 201 g/mol. The first-order chi connectivity index (χ1) is 7.10. The van der Waals surface area contributed by atoms with E-state index in [9.17, 15) is 9.18 Å². The van der Waals surface area contributed by atoms with Gasteiger partial charge in [-0.25, -0.2) is 4.39 Å². The first-order valence-electron chi connectivity index (χ1n) is 4.27. The average molecular weight is 213 g/mol. The second kappa shape index (κ2) is 4.75. The molecule has 0 aromatic heterocycles. The minimum absolute atomic E-state index is 0.0858. The average Bonchev–Trinajstić information content (AvgIpc) is 2.26. The van der Waals surface area contributed by atoms with Gasteiger partial charge >= 0.3 is 5.97 Å². The summed E-state index contributed by atoms with van der Waals surface area (Å²) >= 11 is 0. The van der Waals surface area contributed by atoms with Crippen molar-refractivity contribution in [2.75, 3.05) is 14.2 Å². The number of ether oxygens (including phenoxy) is 2. The third-order valence-corrected chi connectivity index (χ3v) is 2.00. The van der Waals surface area contributed by atoms with E-state index in [0.717, 1.165) is 6.07 Å². The van der Waals surface area contributed by atoms with Crippen LogP contribution in [0.1, 0.15) is 11.6 Å². The van der Waals surface area contributed by atoms with Crippen LogP contribution in [0.25, 0.3) is 0 Å². The molecule has 1 rings (SSSR count). The molecule has 1 aromatic rings. The van der Waals surface area contributed by atoms with Gasteiger partial charge in [-0.05, 0) is 6.07 Å². The largest absolute Gasteiger partial charge is 0.497 e. The fraction of sp³-hybridized carbons (Fsp3) is 0.300. The van der Waals surface area contributed by atoms with Crippen LogP contribution in [-0.2, 0) is 9.53 Å². The first-order valence-corrected chi connectivity index (χ1v) is 4.27. The Morgan fingerprint density at radius 2 is 2.13 bits per heavy atom. The number of methoxy groups -OCH3 is 2. The Kier molecular flexibility index (Phi) is 3.62. The molecule has 82 valence electrons. The quantitative estimate of drug-likeness (QED) is 0.761. The third kappa shape index (κ3) is 2.44. The lowest BCUT2D eigenvalue weighted by Gasteiger charge is -2.11. The Bertz CT molecular complexity index is 368. The molecule has 5 heteroatoms. The monoisotopic (exact) mass is 213 g/mol. The first kappa shape index (κ1) is 11.5. The number of carbonyl (C=O) groups is 1. The summed E-state index contributed by atoms with van der Waals surface area (Å²) < 4.78 is 22.7. The number of hydrogen-bond acceptors (Lipinski definition) is 4. The number of halogens is 1. The zero-order chi connectivity index (χ0) is 11.4. The van der Waals surface area contributed by atoms with Gasteiger partial charge < -0.3 is 15.2 Å². The normalized spacial score (nSPS) is 12.0. The number of esters is 1. The Hall–Kier alpha value is -1.62. The molecular formula is C10H12FNO3. The van der Waals surface area contributed by atoms with Gasteiger partial charge in [0.1, 0.15) is 17.6 Å². The summed E-state index contributed by atoms with van der Waals surface area (Å²) in [5.74, 6) is -0.903. The SMILES string of the molecule is COC(=O)[C@@H](N)c1ccc(OC)cc1F. The highest BCUT2D eigenvalue weighted by molar-refractivity contribution is 5.77. The molecule has 0 aliphatic carbocycles. The number of rotatable bonds is 3. The molecule has 0 saturated heterocycles. The van der Waals surface area contributed by atoms with Crippen LogP contribution in [0.15, 0.2) is 18.2 Å². The van der Waals surface area contributed by atoms with Gasteiger partial charge in [-0.3, -0.25) is 4.79 Å². The van der Waals surface area contributed by atoms with Crippen LogP contribution in [0, 0.1) is 5.82 Å². The second-order valence-electron chi connectivity index (χ2n) is 2.89. The van der Waals surface area contributed by atoms with Crippen molar-refractivity contribution in [1.29, 1.82) is 0 Å². The molecule has 0 aliphatic rings. The van der Waals surface area contributed by atoms with Gasteiger partial charge in [0.15, 0.2) is 0 Å². The summed E-state index contributed by atoms with van der Waals surface area (Å²) in [6.07, 6.45) is 0. The highest BCUT2D eigenvalue weighted by Crippen LogP contribution is 2.21. The fourth-order valence-corrected chi connectivity index (χ4v) is 1.14. The van der Waals surface area contributed by atoms with E-state index in [1.165, 1.54) is 26.4 Å². The maximum atomic E-state index is 13.4. The van der Waals surface area contributed by atoms with Gasteiger partial charge in [-0.15, -0.1) is 0 Å². The molecule has 1 aromatic carbocycles. The van der Waals surface area contributed by atoms with Crippen molar-refractivity contribution in [1.82, 2.24) is 0 Å². The van der Waals surface area contributed by atoms with Crippen molar-refractivity contribution in [3.05, 3.63) is 29.6 Å². The van der Waals surface area contributed by atoms with E-state index in [-0.39, 0.29) is 5.56 Å². The lowest BCUT2D eigenvalue weighted by Crippen LogP contribution is -2.23. The maximum Gasteiger partial charge on any atom is 0.327 e. The van der Waals surface area contributed by atoms with Crippen LogP contribution in [0.5, 0.6) is 5.75 Å². The molecule has 0 spiro atoms. The number of nitrogens with two attached hydrogens (primary N) is 1. The predicted molar refractivity (Wildman–Crippen MR) is 51.9 cm³/mol. The molecule has 4 nitrogen and oxygen atoms in total. The molecule has 0 saturated carbocycles. The Morgan fingerprint density at radius 3 is 2.60 bits per heavy atom. The highest BCUT2D eigenvalue weighted by Gasteiger charge is 2.20. The molecule has 1 atom stereocenters. The highest BCUT2D eigenvalue weighted by atomic mass is 19.1. The van der Waals surface area contributed by atoms with Gasteiger partial charge in [-0.2, -0.15) is 0 Å². The number of carbonyl (C=O) groups excluding carboxylic acids is 1. The lowest BCUT2D eigenvalue weighted by atomic mass is 10.1. The Labute approximate surface area is 86.8 Å². The van der Waals surface area contributed by atoms with Crippen molar-refractivity contribution in [3.63, 3.8) is 0 Å². The predicted octanol–water partition coefficient (Wildman–Crippen LogP) is 1.01. The van der Waals surface area contributed by atoms with E-state index in [2.05, 4.69) is 4.74 Å². The van der Waals surface area contributed by atoms with Crippen LogP contribution in [0.4, 0.5) is 4.39 Å². The van der Waals surface area contributed by atoms with Gasteiger partial charge in [0.05, 0.1) is 14.2 Å². The molecule has 0 fully saturated rings. The van der Waals surface area contributed by atoms with Crippen LogP contribution in [0.2, 0.25) is 0 Å². The molecule has 0 unspecified atom stereocenters. The van der Waals surface area contributed by atoms with E-state index in [0.29, 0.717) is 5.75 Å². The minimum Gasteiger partial charge on any atom is -0.497 e. The van der Waals surface area contributed by atoms with Gasteiger partial charge in [-0.1, -0.05) is 6.07 Å². The summed E-state index contributed by atoms with van der Waals surface area (Å²) in [5, 5.41) is 0. The summed E-state index contributed by atoms with van der Waals surface area (Å²) in [7, 11) is 2.62. The second-order valence-corrected chi connectivity index (χ2v) is 2.89. The van der Waals surface area contributed by atoms with E-state index in [1.54, 1.807) is 0 Å². The fourth-order valence-electron chi connectivity index (χ4n) is 1.14. The molecule has 2 N–H and O–H groups in total. The van der Waals surface area contributed by atoms with Crippen LogP contribution >= 0.6 is 0 Å². The van der Waals surface area contributed by atoms with Crippen molar-refractivity contribution in [3.8, 4) is 5.75 Å². The standard InChI is InChI=1S/C10H12FNO3/c1-14-6-3-4-7(8(11)5-6)9(12)10(13)15-2/h3-5,9H,12H2,1-2H3/t9-/m0/s1. The van der Waals surface area contributed by atoms with Gasteiger partial charge in [0.25, 0.3) is 0 Å². The van der Waals surface area contributed by atoms with E-state index < -0.39 is 17.8 Å². The molecule has 0 radical (unpaired) electrons. The number of benzene rings is 1. The van der Waals surface area contributed by atoms with E-state index in [4.69, 9.17) is 10.5 Å². The summed E-state index contributed by atoms with van der Waals surface area (Å²) in [4.78, 5) is 11.1. The minimum atomic E-state index is -1.11. The smallest absolute Gasteiger partial charge is 0.327 e. The molecule has 0 heterocycles. The van der Waals surface area contributed by atoms with Gasteiger partial charge in [0, 0.05) is 11.6 Å². The van der Waals surface area contributed by atoms with Crippen LogP contribution in [0.3, 0.4) is 0 Å². The Morgan fingerprint density at radius 1 is 1.47 bits per heavy atom. The van der Waals surface area contributed by atoms with Crippen molar-refractivity contribution < 1.29 is 18.7 Å². The van der Waals surface area contributed by atoms with Gasteiger partial charge in [0.2, 0.25) is 0 Å². The van der Waals surface area contributed by atoms with E-state index in [1.807, 2.05) is 0 Å². The molecule has 0 aliphatic heterocycles. The summed E-state index contributed by atoms with van der Waals surface area (Å²) in [6, 6.07) is 2.98. The van der Waals surface area contributed by atoms with E-state index >= 15 is 0 Å². The molecule has 0 amide bonds. The topological polar surface area (TPSA) is 61.5 Å². The van der Waals surface area contributed by atoms with Crippen molar-refractivity contribution in [2.24, 2.45) is 5.73 Å². The summed E-state index contributed by atoms with van der Waals surface area (Å²) in [6.45, 7) is 0.